The number of ether oxygens (including phenoxy) is 1. The predicted molar refractivity (Wildman–Crippen MR) is 110 cm³/mol. The van der Waals surface area contributed by atoms with Crippen LogP contribution in [0.4, 0.5) is 5.69 Å². The van der Waals surface area contributed by atoms with Crippen LogP contribution in [0.1, 0.15) is 55.8 Å². The van der Waals surface area contributed by atoms with Crippen LogP contribution >= 0.6 is 11.6 Å². The van der Waals surface area contributed by atoms with Crippen LogP contribution in [0.15, 0.2) is 12.1 Å². The highest BCUT2D eigenvalue weighted by Gasteiger charge is 2.30. The second kappa shape index (κ2) is 9.16. The van der Waals surface area contributed by atoms with Gasteiger partial charge in [0.2, 0.25) is 0 Å². The molecule has 150 valence electrons. The van der Waals surface area contributed by atoms with Gasteiger partial charge in [0.1, 0.15) is 5.75 Å². The molecule has 0 spiro atoms. The van der Waals surface area contributed by atoms with Crippen LogP contribution in [-0.4, -0.2) is 43.6 Å². The van der Waals surface area contributed by atoms with Crippen molar-refractivity contribution in [2.45, 2.75) is 51.5 Å². The van der Waals surface area contributed by atoms with E-state index in [1.165, 1.54) is 38.8 Å². The van der Waals surface area contributed by atoms with Gasteiger partial charge in [0.25, 0.3) is 5.91 Å². The first-order chi connectivity index (χ1) is 13.0. The maximum absolute atomic E-state index is 12.9. The van der Waals surface area contributed by atoms with E-state index in [1.54, 1.807) is 19.2 Å². The Morgan fingerprint density at radius 1 is 1.26 bits per heavy atom. The summed E-state index contributed by atoms with van der Waals surface area (Å²) in [6.07, 6.45) is 7.19. The van der Waals surface area contributed by atoms with Crippen LogP contribution in [0.3, 0.4) is 0 Å². The monoisotopic (exact) mass is 393 g/mol. The molecule has 1 amide bonds. The molecule has 3 rings (SSSR count). The summed E-state index contributed by atoms with van der Waals surface area (Å²) < 4.78 is 5.34. The van der Waals surface area contributed by atoms with E-state index in [4.69, 9.17) is 22.1 Å². The number of amides is 1. The Morgan fingerprint density at radius 3 is 2.67 bits per heavy atom. The molecule has 3 N–H and O–H groups in total. The number of nitrogen functional groups attached to an aromatic ring is 1. The van der Waals surface area contributed by atoms with Gasteiger partial charge >= 0.3 is 0 Å². The summed E-state index contributed by atoms with van der Waals surface area (Å²) in [6, 6.07) is 3.42. The number of likely N-dealkylation sites (tertiary alicyclic amines) is 1. The Morgan fingerprint density at radius 2 is 1.96 bits per heavy atom. The average Bonchev–Trinajstić information content (AvgIpc) is 2.66. The molecule has 1 aromatic rings. The number of anilines is 1. The fourth-order valence-corrected chi connectivity index (χ4v) is 4.52. The molecule has 27 heavy (non-hydrogen) atoms. The highest BCUT2D eigenvalue weighted by Crippen LogP contribution is 2.31. The van der Waals surface area contributed by atoms with Crippen molar-refractivity contribution < 1.29 is 9.53 Å². The summed E-state index contributed by atoms with van der Waals surface area (Å²) in [6.45, 7) is 5.78. The minimum absolute atomic E-state index is 0.127. The lowest BCUT2D eigenvalue weighted by molar-refractivity contribution is 0.0865. The molecule has 6 heteroatoms. The molecule has 1 aromatic carbocycles. The standard InChI is InChI=1S/C21H32ClN3O2/c1-14-7-9-25(10-8-14)13-15-5-3-4-6-19(15)24-21(26)16-11-17(22)18(23)12-20(16)27-2/h11-12,14-15,19H,3-10,13,23H2,1-2H3,(H,24,26)/t15-,19+/m1/s1. The first kappa shape index (κ1) is 20.3. The van der Waals surface area contributed by atoms with E-state index in [0.717, 1.165) is 25.3 Å². The van der Waals surface area contributed by atoms with Gasteiger partial charge in [0, 0.05) is 18.7 Å². The number of hydrogen-bond donors (Lipinski definition) is 2. The molecular formula is C21H32ClN3O2. The van der Waals surface area contributed by atoms with Crippen molar-refractivity contribution in [2.24, 2.45) is 11.8 Å². The zero-order valence-electron chi connectivity index (χ0n) is 16.5. The zero-order chi connectivity index (χ0) is 19.4. The van der Waals surface area contributed by atoms with Crippen molar-refractivity contribution in [3.8, 4) is 5.75 Å². The minimum atomic E-state index is -0.127. The lowest BCUT2D eigenvalue weighted by atomic mass is 9.83. The number of benzene rings is 1. The topological polar surface area (TPSA) is 67.6 Å². The van der Waals surface area contributed by atoms with Crippen molar-refractivity contribution in [1.29, 1.82) is 0 Å². The first-order valence-electron chi connectivity index (χ1n) is 10.1. The van der Waals surface area contributed by atoms with E-state index in [-0.39, 0.29) is 11.9 Å². The van der Waals surface area contributed by atoms with Crippen molar-refractivity contribution >= 4 is 23.2 Å². The Balaban J connectivity index is 1.67. The lowest BCUT2D eigenvalue weighted by Crippen LogP contribution is -2.47. The summed E-state index contributed by atoms with van der Waals surface area (Å²) in [4.78, 5) is 15.5. The highest BCUT2D eigenvalue weighted by atomic mass is 35.5. The molecule has 2 atom stereocenters. The number of carbonyl (C=O) groups excluding carboxylic acids is 1. The van der Waals surface area contributed by atoms with E-state index in [0.29, 0.717) is 27.9 Å². The zero-order valence-corrected chi connectivity index (χ0v) is 17.2. The van der Waals surface area contributed by atoms with Gasteiger partial charge in [-0.25, -0.2) is 0 Å². The molecule has 1 saturated heterocycles. The van der Waals surface area contributed by atoms with E-state index >= 15 is 0 Å². The molecule has 1 aliphatic carbocycles. The molecule has 2 aliphatic rings. The van der Waals surface area contributed by atoms with E-state index < -0.39 is 0 Å². The largest absolute Gasteiger partial charge is 0.496 e. The summed E-state index contributed by atoms with van der Waals surface area (Å²) in [5.74, 6) is 1.68. The van der Waals surface area contributed by atoms with Gasteiger partial charge in [0.05, 0.1) is 23.4 Å². The highest BCUT2D eigenvalue weighted by molar-refractivity contribution is 6.33. The third-order valence-corrected chi connectivity index (χ3v) is 6.49. The lowest BCUT2D eigenvalue weighted by Gasteiger charge is -2.38. The van der Waals surface area contributed by atoms with Gasteiger partial charge in [-0.1, -0.05) is 31.4 Å². The molecule has 0 bridgehead atoms. The number of halogens is 1. The summed E-state index contributed by atoms with van der Waals surface area (Å²) in [5.41, 5.74) is 6.70. The van der Waals surface area contributed by atoms with E-state index in [1.807, 2.05) is 0 Å². The first-order valence-corrected chi connectivity index (χ1v) is 10.5. The number of methoxy groups -OCH3 is 1. The summed E-state index contributed by atoms with van der Waals surface area (Å²) in [5, 5.41) is 3.64. The van der Waals surface area contributed by atoms with Crippen molar-refractivity contribution in [3.63, 3.8) is 0 Å². The Hall–Kier alpha value is -1.46. The van der Waals surface area contributed by atoms with Crippen LogP contribution in [0.25, 0.3) is 0 Å². The van der Waals surface area contributed by atoms with Crippen molar-refractivity contribution in [3.05, 3.63) is 22.7 Å². The number of piperidine rings is 1. The third kappa shape index (κ3) is 5.08. The van der Waals surface area contributed by atoms with Crippen molar-refractivity contribution in [1.82, 2.24) is 10.2 Å². The Kier molecular flexibility index (Phi) is 6.88. The Bertz CT molecular complexity index is 659. The van der Waals surface area contributed by atoms with E-state index in [9.17, 15) is 4.79 Å². The summed E-state index contributed by atoms with van der Waals surface area (Å²) >= 11 is 6.13. The predicted octanol–water partition coefficient (Wildman–Crippen LogP) is 3.95. The summed E-state index contributed by atoms with van der Waals surface area (Å²) in [7, 11) is 1.54. The molecule has 1 saturated carbocycles. The molecule has 0 aromatic heterocycles. The molecule has 5 nitrogen and oxygen atoms in total. The second-order valence-electron chi connectivity index (χ2n) is 8.18. The fraction of sp³-hybridized carbons (Fsp3) is 0.667. The van der Waals surface area contributed by atoms with Gasteiger partial charge in [-0.2, -0.15) is 0 Å². The number of nitrogens with two attached hydrogens (primary N) is 1. The van der Waals surface area contributed by atoms with Crippen LogP contribution in [0, 0.1) is 11.8 Å². The second-order valence-corrected chi connectivity index (χ2v) is 8.59. The van der Waals surface area contributed by atoms with E-state index in [2.05, 4.69) is 17.1 Å². The smallest absolute Gasteiger partial charge is 0.255 e. The molecule has 0 unspecified atom stereocenters. The van der Waals surface area contributed by atoms with Gasteiger partial charge in [-0.15, -0.1) is 0 Å². The van der Waals surface area contributed by atoms with Crippen LogP contribution in [-0.2, 0) is 0 Å². The van der Waals surface area contributed by atoms with Gasteiger partial charge in [-0.05, 0) is 56.7 Å². The molecule has 1 heterocycles. The molecule has 0 radical (unpaired) electrons. The van der Waals surface area contributed by atoms with Crippen LogP contribution < -0.4 is 15.8 Å². The third-order valence-electron chi connectivity index (χ3n) is 6.16. The number of hydrogen-bond acceptors (Lipinski definition) is 4. The normalized spacial score (nSPS) is 24.6. The SMILES string of the molecule is COc1cc(N)c(Cl)cc1C(=O)N[C@H]1CCCC[C@@H]1CN1CCC(C)CC1. The average molecular weight is 394 g/mol. The number of nitrogens with one attached hydrogen (secondary N) is 1. The maximum Gasteiger partial charge on any atom is 0.255 e. The van der Waals surface area contributed by atoms with Gasteiger partial charge < -0.3 is 20.7 Å². The number of carbonyl (C=O) groups is 1. The van der Waals surface area contributed by atoms with Crippen LogP contribution in [0.5, 0.6) is 5.75 Å². The molecule has 2 fully saturated rings. The minimum Gasteiger partial charge on any atom is -0.496 e. The van der Waals surface area contributed by atoms with Gasteiger partial charge in [0.15, 0.2) is 0 Å². The number of rotatable bonds is 5. The van der Waals surface area contributed by atoms with Gasteiger partial charge in [-0.3, -0.25) is 4.79 Å². The van der Waals surface area contributed by atoms with Crippen LogP contribution in [0.2, 0.25) is 5.02 Å². The quantitative estimate of drug-likeness (QED) is 0.743. The fourth-order valence-electron chi connectivity index (χ4n) is 4.35. The molecule has 1 aliphatic heterocycles. The number of nitrogens with zero attached hydrogens (tertiary/aromatic N) is 1. The van der Waals surface area contributed by atoms with Crippen molar-refractivity contribution in [2.75, 3.05) is 32.5 Å². The maximum atomic E-state index is 12.9. The molecular weight excluding hydrogens is 362 g/mol. The Labute approximate surface area is 167 Å².